The van der Waals surface area contributed by atoms with E-state index in [2.05, 4.69) is 62.4 Å². The van der Waals surface area contributed by atoms with Crippen LogP contribution in [0.15, 0.2) is 148 Å². The maximum absolute atomic E-state index is 4.72. The van der Waals surface area contributed by atoms with Gasteiger partial charge in [-0.05, 0) is 97.0 Å². The molecule has 0 unspecified atom stereocenters. The van der Waals surface area contributed by atoms with Crippen LogP contribution in [0.1, 0.15) is 55.5 Å². The maximum Gasteiger partial charge on any atom is 0.190 e. The third-order valence-corrected chi connectivity index (χ3v) is 8.34. The van der Waals surface area contributed by atoms with Gasteiger partial charge in [-0.2, -0.15) is 4.37 Å². The van der Waals surface area contributed by atoms with Crippen molar-refractivity contribution in [3.8, 4) is 0 Å². The Bertz CT molecular complexity index is 1660. The van der Waals surface area contributed by atoms with Crippen molar-refractivity contribution in [1.82, 2.24) is 49.0 Å². The number of oxazole rings is 4. The summed E-state index contributed by atoms with van der Waals surface area (Å²) >= 11 is 6.31. The average Bonchev–Trinajstić information content (AvgIpc) is 4.06. The van der Waals surface area contributed by atoms with Crippen LogP contribution in [-0.2, 0) is 0 Å². The molecule has 10 aromatic heterocycles. The second kappa shape index (κ2) is 34.8. The van der Waals surface area contributed by atoms with Crippen molar-refractivity contribution in [1.29, 1.82) is 0 Å². The summed E-state index contributed by atoms with van der Waals surface area (Å²) in [5.41, 5.74) is 7.11. The third kappa shape index (κ3) is 32.8. The van der Waals surface area contributed by atoms with Gasteiger partial charge in [0.2, 0.25) is 0 Å². The minimum absolute atomic E-state index is 0.718. The molecule has 320 valence electrons. The summed E-state index contributed by atoms with van der Waals surface area (Å²) in [6, 6.07) is 3.80. The Morgan fingerprint density at radius 3 is 1.45 bits per heavy atom. The van der Waals surface area contributed by atoms with Crippen LogP contribution < -0.4 is 0 Å². The predicted molar refractivity (Wildman–Crippen MR) is 235 cm³/mol. The lowest BCUT2D eigenvalue weighted by molar-refractivity contribution is 0.415. The molecular formula is C40H50N10O6S4. The molecule has 0 radical (unpaired) electrons. The standard InChI is InChI=1S/6C4H5NO.4C4H5NS/c1-4-2-6-3-5-4;2*1-4-2-5-3-6-4;1-4-2-5-6-3-4;1-4-5-2-3-6-4;1-4-2-3-6-5-4;1-4-2-5-3-6-4;1-4-2-5-6-3-4;1-4-5-2-3-6-4;1-4-2-3-6-5-4/h10*2-3H,1H3. The zero-order valence-electron chi connectivity index (χ0n) is 35.1. The van der Waals surface area contributed by atoms with Gasteiger partial charge in [0.25, 0.3) is 0 Å². The number of hydrogen-bond acceptors (Lipinski definition) is 20. The number of hydrogen-bond donors (Lipinski definition) is 0. The quantitative estimate of drug-likeness (QED) is 0.139. The van der Waals surface area contributed by atoms with E-state index >= 15 is 0 Å². The van der Waals surface area contributed by atoms with Crippen molar-refractivity contribution in [2.45, 2.75) is 69.2 Å². The van der Waals surface area contributed by atoms with E-state index < -0.39 is 0 Å². The molecule has 10 aromatic rings. The topological polar surface area (TPSA) is 208 Å². The Hall–Kier alpha value is -6.22. The Labute approximate surface area is 365 Å². The highest BCUT2D eigenvalue weighted by Crippen LogP contribution is 2.00. The van der Waals surface area contributed by atoms with Gasteiger partial charge >= 0.3 is 0 Å². The molecule has 0 N–H and O–H groups in total. The van der Waals surface area contributed by atoms with Crippen LogP contribution in [0.4, 0.5) is 0 Å². The predicted octanol–water partition coefficient (Wildman–Crippen LogP) is 11.7. The molecule has 0 aliphatic carbocycles. The summed E-state index contributed by atoms with van der Waals surface area (Å²) < 4.78 is 35.5. The van der Waals surface area contributed by atoms with Crippen LogP contribution in [0, 0.1) is 69.2 Å². The van der Waals surface area contributed by atoms with Gasteiger partial charge in [-0.3, -0.25) is 9.97 Å². The second-order valence-corrected chi connectivity index (χ2v) is 14.8. The minimum atomic E-state index is 0.718. The molecule has 0 saturated carbocycles. The van der Waals surface area contributed by atoms with Crippen LogP contribution in [0.3, 0.4) is 0 Å². The van der Waals surface area contributed by atoms with Crippen molar-refractivity contribution in [3.05, 3.63) is 177 Å². The van der Waals surface area contributed by atoms with Crippen molar-refractivity contribution in [2.75, 3.05) is 0 Å². The lowest BCUT2D eigenvalue weighted by atomic mass is 10.4. The molecule has 10 heterocycles. The van der Waals surface area contributed by atoms with Crippen molar-refractivity contribution in [2.24, 2.45) is 0 Å². The Morgan fingerprint density at radius 1 is 0.550 bits per heavy atom. The lowest BCUT2D eigenvalue weighted by Crippen LogP contribution is -1.59. The largest absolute Gasteiger partial charge is 0.452 e. The highest BCUT2D eigenvalue weighted by molar-refractivity contribution is 7.09. The molecule has 0 spiro atoms. The monoisotopic (exact) mass is 894 g/mol. The molecule has 0 amide bonds. The minimum Gasteiger partial charge on any atom is -0.452 e. The van der Waals surface area contributed by atoms with E-state index in [-0.39, 0.29) is 0 Å². The van der Waals surface area contributed by atoms with Gasteiger partial charge in [-0.1, -0.05) is 10.3 Å². The normalized spacial score (nSPS) is 8.83. The number of aryl methyl sites for hydroxylation is 10. The van der Waals surface area contributed by atoms with E-state index in [1.807, 2.05) is 102 Å². The molecule has 16 nitrogen and oxygen atoms in total. The average molecular weight is 895 g/mol. The van der Waals surface area contributed by atoms with Crippen molar-refractivity contribution in [3.63, 3.8) is 0 Å². The molecule has 0 atom stereocenters. The Balaban J connectivity index is 0.000000333. The molecule has 60 heavy (non-hydrogen) atoms. The Kier molecular flexibility index (Phi) is 30.0. The van der Waals surface area contributed by atoms with Crippen LogP contribution in [0.2, 0.25) is 0 Å². The van der Waals surface area contributed by atoms with Gasteiger partial charge in [-0.15, -0.1) is 22.7 Å². The number of nitrogens with zero attached hydrogens (tertiary/aromatic N) is 10. The van der Waals surface area contributed by atoms with E-state index in [1.54, 1.807) is 91.7 Å². The molecule has 0 aliphatic rings. The molecular weight excluding hydrogens is 845 g/mol. The summed E-state index contributed by atoms with van der Waals surface area (Å²) in [6.45, 7) is 19.2. The highest BCUT2D eigenvalue weighted by atomic mass is 32.1. The molecule has 0 saturated heterocycles. The number of rotatable bonds is 0. The van der Waals surface area contributed by atoms with E-state index in [4.69, 9.17) is 13.3 Å². The summed E-state index contributed by atoms with van der Waals surface area (Å²) in [6.07, 6.45) is 22.7. The molecule has 0 aliphatic heterocycles. The Morgan fingerprint density at radius 2 is 1.30 bits per heavy atom. The number of thiazole rings is 2. The summed E-state index contributed by atoms with van der Waals surface area (Å²) in [5, 5.41) is 14.1. The van der Waals surface area contributed by atoms with Crippen LogP contribution in [0.5, 0.6) is 0 Å². The van der Waals surface area contributed by atoms with Crippen LogP contribution in [0.25, 0.3) is 0 Å². The van der Waals surface area contributed by atoms with Crippen molar-refractivity contribution >= 4 is 45.7 Å². The van der Waals surface area contributed by atoms with Gasteiger partial charge in [0.05, 0.1) is 52.4 Å². The molecule has 20 heteroatoms. The van der Waals surface area contributed by atoms with Crippen LogP contribution >= 0.6 is 45.7 Å². The summed E-state index contributed by atoms with van der Waals surface area (Å²) in [4.78, 5) is 23.9. The first-order valence-corrected chi connectivity index (χ1v) is 21.0. The van der Waals surface area contributed by atoms with Gasteiger partial charge in [0, 0.05) is 58.2 Å². The first kappa shape index (κ1) is 51.8. The number of aromatic nitrogens is 10. The third-order valence-electron chi connectivity index (χ3n) is 5.58. The zero-order chi connectivity index (χ0) is 44.1. The maximum atomic E-state index is 4.72. The fourth-order valence-corrected chi connectivity index (χ4v) is 4.67. The van der Waals surface area contributed by atoms with Crippen molar-refractivity contribution < 1.29 is 26.7 Å². The zero-order valence-corrected chi connectivity index (χ0v) is 38.4. The SMILES string of the molecule is Cc1ccon1.Cc1ccsn1.Cc1cnco1.Cc1cnco1.Cc1cncs1.Cc1cnoc1.Cc1cnsc1.Cc1cocn1.Cc1ncco1.Cc1nccs1. The van der Waals surface area contributed by atoms with E-state index in [9.17, 15) is 0 Å². The fraction of sp³-hybridized carbons (Fsp3) is 0.250. The summed E-state index contributed by atoms with van der Waals surface area (Å²) in [7, 11) is 0. The first-order chi connectivity index (χ1) is 28.9. The fourth-order valence-electron chi connectivity index (χ4n) is 2.76. The van der Waals surface area contributed by atoms with Gasteiger partial charge in [0.15, 0.2) is 25.1 Å². The van der Waals surface area contributed by atoms with Crippen LogP contribution in [-0.4, -0.2) is 49.0 Å². The smallest absolute Gasteiger partial charge is 0.190 e. The lowest BCUT2D eigenvalue weighted by Gasteiger charge is -1.67. The molecule has 0 fully saturated rings. The summed E-state index contributed by atoms with van der Waals surface area (Å²) in [5.74, 6) is 2.43. The first-order valence-electron chi connectivity index (χ1n) is 17.5. The van der Waals surface area contributed by atoms with E-state index in [0.29, 0.717) is 0 Å². The molecule has 0 aromatic carbocycles. The highest BCUT2D eigenvalue weighted by Gasteiger charge is 1.82. The van der Waals surface area contributed by atoms with Gasteiger partial charge in [-0.25, -0.2) is 24.3 Å². The van der Waals surface area contributed by atoms with Gasteiger partial charge < -0.3 is 26.7 Å². The molecule has 0 bridgehead atoms. The van der Waals surface area contributed by atoms with E-state index in [1.165, 1.54) is 52.7 Å². The van der Waals surface area contributed by atoms with E-state index in [0.717, 1.165) is 45.1 Å². The second-order valence-electron chi connectivity index (χ2n) is 11.3. The van der Waals surface area contributed by atoms with Gasteiger partial charge in [0.1, 0.15) is 36.6 Å². The molecule has 10 rings (SSSR count).